The molecule has 35 heavy (non-hydrogen) atoms. The normalized spacial score (nSPS) is 15.6. The van der Waals surface area contributed by atoms with Crippen molar-refractivity contribution in [3.05, 3.63) is 59.1 Å². The number of rotatable bonds is 8. The highest BCUT2D eigenvalue weighted by molar-refractivity contribution is 6.30. The number of carbonyl (C=O) groups excluding carboxylic acids is 3. The summed E-state index contributed by atoms with van der Waals surface area (Å²) in [7, 11) is 1.56. The van der Waals surface area contributed by atoms with Crippen LogP contribution in [0.2, 0.25) is 5.02 Å². The number of ether oxygens (including phenoxy) is 1. The SMILES string of the molecule is CCC(C)NC(=O)C(NC(=O)c1ccc(OC)cc1)C1CCN(C(=O)Nc2cccc(Cl)c2)CC1. The third-order valence-electron chi connectivity index (χ3n) is 6.30. The van der Waals surface area contributed by atoms with Crippen molar-refractivity contribution in [2.24, 2.45) is 5.92 Å². The molecule has 2 atom stereocenters. The van der Waals surface area contributed by atoms with Gasteiger partial charge in [0, 0.05) is 35.4 Å². The quantitative estimate of drug-likeness (QED) is 0.503. The van der Waals surface area contributed by atoms with Crippen molar-refractivity contribution in [1.29, 1.82) is 0 Å². The van der Waals surface area contributed by atoms with Crippen LogP contribution in [0.5, 0.6) is 5.75 Å². The van der Waals surface area contributed by atoms with Gasteiger partial charge in [0.15, 0.2) is 0 Å². The molecule has 2 aromatic carbocycles. The number of hydrogen-bond donors (Lipinski definition) is 3. The van der Waals surface area contributed by atoms with Crippen LogP contribution in [-0.2, 0) is 4.79 Å². The Morgan fingerprint density at radius 1 is 1.09 bits per heavy atom. The molecule has 0 saturated carbocycles. The fourth-order valence-electron chi connectivity index (χ4n) is 4.00. The van der Waals surface area contributed by atoms with Crippen molar-refractivity contribution in [3.63, 3.8) is 0 Å². The first-order chi connectivity index (χ1) is 16.8. The first-order valence-electron chi connectivity index (χ1n) is 11.9. The molecule has 2 unspecified atom stereocenters. The van der Waals surface area contributed by atoms with Gasteiger partial charge in [-0.3, -0.25) is 9.59 Å². The standard InChI is InChI=1S/C26H33ClN4O4/c1-4-17(2)28-25(33)23(30-24(32)19-8-10-22(35-3)11-9-19)18-12-14-31(15-13-18)26(34)29-21-7-5-6-20(27)16-21/h5-11,16-18,23H,4,12-15H2,1-3H3,(H,28,33)(H,29,34)(H,30,32). The van der Waals surface area contributed by atoms with Gasteiger partial charge in [0.05, 0.1) is 7.11 Å². The van der Waals surface area contributed by atoms with Crippen molar-refractivity contribution < 1.29 is 19.1 Å². The second-order valence-electron chi connectivity index (χ2n) is 8.76. The molecule has 0 aliphatic carbocycles. The lowest BCUT2D eigenvalue weighted by Gasteiger charge is -2.36. The minimum Gasteiger partial charge on any atom is -0.497 e. The van der Waals surface area contributed by atoms with Crippen molar-refractivity contribution >= 4 is 35.1 Å². The molecule has 0 radical (unpaired) electrons. The fourth-order valence-corrected chi connectivity index (χ4v) is 4.19. The number of benzene rings is 2. The zero-order valence-corrected chi connectivity index (χ0v) is 21.1. The number of methoxy groups -OCH3 is 1. The lowest BCUT2D eigenvalue weighted by Crippen LogP contribution is -2.55. The van der Waals surface area contributed by atoms with Gasteiger partial charge in [0.2, 0.25) is 5.91 Å². The first kappa shape index (κ1) is 26.3. The summed E-state index contributed by atoms with van der Waals surface area (Å²) in [6.45, 7) is 4.88. The summed E-state index contributed by atoms with van der Waals surface area (Å²) in [5.41, 5.74) is 1.08. The first-order valence-corrected chi connectivity index (χ1v) is 12.2. The fraction of sp³-hybridized carbons (Fsp3) is 0.423. The molecule has 1 saturated heterocycles. The molecule has 1 aliphatic heterocycles. The number of piperidine rings is 1. The van der Waals surface area contributed by atoms with Crippen LogP contribution in [0.1, 0.15) is 43.5 Å². The molecule has 0 spiro atoms. The van der Waals surface area contributed by atoms with Gasteiger partial charge in [-0.1, -0.05) is 24.6 Å². The molecule has 0 bridgehead atoms. The van der Waals surface area contributed by atoms with Crippen LogP contribution in [0.25, 0.3) is 0 Å². The van der Waals surface area contributed by atoms with E-state index in [1.165, 1.54) is 0 Å². The summed E-state index contributed by atoms with van der Waals surface area (Å²) < 4.78 is 5.15. The molecule has 2 aromatic rings. The summed E-state index contributed by atoms with van der Waals surface area (Å²) in [6.07, 6.45) is 1.96. The average Bonchev–Trinajstić information content (AvgIpc) is 2.87. The van der Waals surface area contributed by atoms with E-state index in [1.54, 1.807) is 60.5 Å². The monoisotopic (exact) mass is 500 g/mol. The molecule has 1 fully saturated rings. The minimum absolute atomic E-state index is 0.00792. The summed E-state index contributed by atoms with van der Waals surface area (Å²) in [4.78, 5) is 40.5. The summed E-state index contributed by atoms with van der Waals surface area (Å²) >= 11 is 6.00. The second-order valence-corrected chi connectivity index (χ2v) is 9.20. The molecule has 1 heterocycles. The molecule has 8 nitrogen and oxygen atoms in total. The van der Waals surface area contributed by atoms with Gasteiger partial charge in [-0.25, -0.2) is 4.79 Å². The largest absolute Gasteiger partial charge is 0.497 e. The third-order valence-corrected chi connectivity index (χ3v) is 6.53. The van der Waals surface area contributed by atoms with Gasteiger partial charge < -0.3 is 25.6 Å². The molecule has 3 N–H and O–H groups in total. The smallest absolute Gasteiger partial charge is 0.321 e. The zero-order chi connectivity index (χ0) is 25.4. The Balaban J connectivity index is 1.65. The summed E-state index contributed by atoms with van der Waals surface area (Å²) in [5.74, 6) is 0.0219. The van der Waals surface area contributed by atoms with Gasteiger partial charge in [0.25, 0.3) is 5.91 Å². The molecule has 188 valence electrons. The molecule has 1 aliphatic rings. The van der Waals surface area contributed by atoms with Crippen LogP contribution in [0, 0.1) is 5.92 Å². The predicted molar refractivity (Wildman–Crippen MR) is 137 cm³/mol. The molecular weight excluding hydrogens is 468 g/mol. The van der Waals surface area contributed by atoms with Crippen molar-refractivity contribution in [1.82, 2.24) is 15.5 Å². The van der Waals surface area contributed by atoms with Crippen LogP contribution in [0.3, 0.4) is 0 Å². The van der Waals surface area contributed by atoms with Crippen LogP contribution < -0.4 is 20.7 Å². The Bertz CT molecular complexity index is 1020. The number of carbonyl (C=O) groups is 3. The van der Waals surface area contributed by atoms with E-state index in [1.807, 2.05) is 13.8 Å². The maximum absolute atomic E-state index is 13.1. The molecule has 0 aromatic heterocycles. The molecule has 4 amide bonds. The Hall–Kier alpha value is -3.26. The number of anilines is 1. The van der Waals surface area contributed by atoms with E-state index in [4.69, 9.17) is 16.3 Å². The lowest BCUT2D eigenvalue weighted by molar-refractivity contribution is -0.125. The van der Waals surface area contributed by atoms with Gasteiger partial charge in [-0.05, 0) is 74.6 Å². The Kier molecular flexibility index (Phi) is 9.37. The number of likely N-dealkylation sites (tertiary alicyclic amines) is 1. The van der Waals surface area contributed by atoms with Crippen LogP contribution in [-0.4, -0.2) is 55.0 Å². The summed E-state index contributed by atoms with van der Waals surface area (Å²) in [5, 5.41) is 9.33. The van der Waals surface area contributed by atoms with Gasteiger partial charge in [-0.15, -0.1) is 0 Å². The highest BCUT2D eigenvalue weighted by atomic mass is 35.5. The highest BCUT2D eigenvalue weighted by Crippen LogP contribution is 2.23. The van der Waals surface area contributed by atoms with E-state index in [-0.39, 0.29) is 29.8 Å². The maximum Gasteiger partial charge on any atom is 0.321 e. The maximum atomic E-state index is 13.1. The van der Waals surface area contributed by atoms with Crippen molar-refractivity contribution in [2.45, 2.75) is 45.2 Å². The average molecular weight is 501 g/mol. The van der Waals surface area contributed by atoms with Crippen molar-refractivity contribution in [2.75, 3.05) is 25.5 Å². The topological polar surface area (TPSA) is 99.8 Å². The van der Waals surface area contributed by atoms with E-state index in [9.17, 15) is 14.4 Å². The highest BCUT2D eigenvalue weighted by Gasteiger charge is 2.34. The van der Waals surface area contributed by atoms with Crippen LogP contribution in [0.15, 0.2) is 48.5 Å². The number of nitrogens with one attached hydrogen (secondary N) is 3. The van der Waals surface area contributed by atoms with E-state index in [2.05, 4.69) is 16.0 Å². The number of halogens is 1. The zero-order valence-electron chi connectivity index (χ0n) is 20.3. The van der Waals surface area contributed by atoms with E-state index < -0.39 is 6.04 Å². The summed E-state index contributed by atoms with van der Waals surface area (Å²) in [6, 6.07) is 12.8. The van der Waals surface area contributed by atoms with Gasteiger partial charge in [-0.2, -0.15) is 0 Å². The Morgan fingerprint density at radius 2 is 1.77 bits per heavy atom. The number of hydrogen-bond acceptors (Lipinski definition) is 4. The van der Waals surface area contributed by atoms with Crippen molar-refractivity contribution in [3.8, 4) is 5.75 Å². The molecule has 3 rings (SSSR count). The number of urea groups is 1. The second kappa shape index (κ2) is 12.4. The van der Waals surface area contributed by atoms with Crippen LogP contribution >= 0.6 is 11.6 Å². The lowest BCUT2D eigenvalue weighted by atomic mass is 9.88. The minimum atomic E-state index is -0.697. The van der Waals surface area contributed by atoms with Gasteiger partial charge in [0.1, 0.15) is 11.8 Å². The number of amides is 4. The third kappa shape index (κ3) is 7.36. The molecular formula is C26H33ClN4O4. The predicted octanol–water partition coefficient (Wildman–Crippen LogP) is 4.31. The molecule has 9 heteroatoms. The number of nitrogens with zero attached hydrogens (tertiary/aromatic N) is 1. The Labute approximate surface area is 211 Å². The van der Waals surface area contributed by atoms with E-state index in [0.717, 1.165) is 6.42 Å². The van der Waals surface area contributed by atoms with Crippen LogP contribution in [0.4, 0.5) is 10.5 Å². The van der Waals surface area contributed by atoms with E-state index in [0.29, 0.717) is 48.0 Å². The van der Waals surface area contributed by atoms with E-state index >= 15 is 0 Å². The Morgan fingerprint density at radius 3 is 2.37 bits per heavy atom. The van der Waals surface area contributed by atoms with Gasteiger partial charge >= 0.3 is 6.03 Å².